The Morgan fingerprint density at radius 3 is 2.19 bits per heavy atom. The van der Waals surface area contributed by atoms with Gasteiger partial charge in [0.1, 0.15) is 11.6 Å². The van der Waals surface area contributed by atoms with Crippen molar-refractivity contribution in [2.24, 2.45) is 0 Å². The summed E-state index contributed by atoms with van der Waals surface area (Å²) in [6.45, 7) is 9.07. The number of rotatable bonds is 4. The molecule has 0 saturated carbocycles. The van der Waals surface area contributed by atoms with Gasteiger partial charge in [-0.05, 0) is 87.7 Å². The average molecular weight is 510 g/mol. The third-order valence-corrected chi connectivity index (χ3v) is 8.44. The molecule has 0 bridgehead atoms. The molecule has 3 aliphatic heterocycles. The predicted octanol–water partition coefficient (Wildman–Crippen LogP) is 4.17. The summed E-state index contributed by atoms with van der Waals surface area (Å²) in [7, 11) is -0.610. The quantitative estimate of drug-likeness (QED) is 0.494. The van der Waals surface area contributed by atoms with Gasteiger partial charge in [-0.3, -0.25) is 14.9 Å². The van der Waals surface area contributed by atoms with Crippen molar-refractivity contribution in [1.29, 1.82) is 0 Å². The van der Waals surface area contributed by atoms with Crippen LogP contribution in [0.2, 0.25) is 0 Å². The van der Waals surface area contributed by atoms with Crippen molar-refractivity contribution in [2.75, 3.05) is 18.0 Å². The largest absolute Gasteiger partial charge is 0.494 e. The van der Waals surface area contributed by atoms with Gasteiger partial charge in [0, 0.05) is 19.5 Å². The number of nitrogens with zero attached hydrogens (tertiary/aromatic N) is 1. The van der Waals surface area contributed by atoms with Gasteiger partial charge in [0.25, 0.3) is 0 Å². The standard InChI is InChI=1S/C28H33BF2N2O4/c1-27(2)28(3,4)37-29(36-27)19-6-7-20(22(30)16-19)17-11-13-33(14-12-17)24-9-5-18(15-23(24)31)21-8-10-25(34)32-26(21)35/h5-7,9,15-17,21H,8,10-14H2,1-4H3,(H,32,34,35). The summed E-state index contributed by atoms with van der Waals surface area (Å²) in [6.07, 6.45) is 2.03. The van der Waals surface area contributed by atoms with Crippen LogP contribution in [0.1, 0.15) is 76.3 Å². The Labute approximate surface area is 216 Å². The Bertz CT molecular complexity index is 1210. The topological polar surface area (TPSA) is 67.9 Å². The van der Waals surface area contributed by atoms with Gasteiger partial charge in [0.05, 0.1) is 22.8 Å². The third-order valence-electron chi connectivity index (χ3n) is 8.44. The second kappa shape index (κ2) is 9.51. The summed E-state index contributed by atoms with van der Waals surface area (Å²) in [6, 6.07) is 10.1. The average Bonchev–Trinajstić information content (AvgIpc) is 3.06. The normalized spacial score (nSPS) is 23.9. The van der Waals surface area contributed by atoms with Crippen molar-refractivity contribution in [3.05, 3.63) is 59.2 Å². The monoisotopic (exact) mass is 510 g/mol. The first kappa shape index (κ1) is 25.9. The molecule has 0 spiro atoms. The van der Waals surface area contributed by atoms with Crippen molar-refractivity contribution in [3.63, 3.8) is 0 Å². The number of piperidine rings is 2. The fourth-order valence-electron chi connectivity index (χ4n) is 5.44. The zero-order chi connectivity index (χ0) is 26.5. The Balaban J connectivity index is 1.23. The summed E-state index contributed by atoms with van der Waals surface area (Å²) >= 11 is 0. The van der Waals surface area contributed by atoms with Crippen LogP contribution in [-0.4, -0.2) is 43.2 Å². The van der Waals surface area contributed by atoms with Crippen LogP contribution in [0, 0.1) is 11.6 Å². The van der Waals surface area contributed by atoms with Gasteiger partial charge >= 0.3 is 7.12 Å². The Morgan fingerprint density at radius 1 is 0.919 bits per heavy atom. The Hall–Kier alpha value is -2.78. The molecule has 1 atom stereocenters. The lowest BCUT2D eigenvalue weighted by atomic mass is 9.77. The highest BCUT2D eigenvalue weighted by Gasteiger charge is 2.51. The van der Waals surface area contributed by atoms with Crippen molar-refractivity contribution < 1.29 is 27.7 Å². The molecule has 37 heavy (non-hydrogen) atoms. The summed E-state index contributed by atoms with van der Waals surface area (Å²) in [5, 5.41) is 2.32. The Kier molecular flexibility index (Phi) is 6.65. The predicted molar refractivity (Wildman–Crippen MR) is 138 cm³/mol. The van der Waals surface area contributed by atoms with Gasteiger partial charge < -0.3 is 14.2 Å². The lowest BCUT2D eigenvalue weighted by molar-refractivity contribution is -0.134. The highest BCUT2D eigenvalue weighted by atomic mass is 19.1. The first-order valence-corrected chi connectivity index (χ1v) is 13.0. The van der Waals surface area contributed by atoms with Crippen molar-refractivity contribution in [2.45, 2.75) is 76.4 Å². The SMILES string of the molecule is CC1(C)OB(c2ccc(C3CCN(c4ccc(C5CCC(=O)NC5=O)cc4F)CC3)c(F)c2)OC1(C)C. The Morgan fingerprint density at radius 2 is 1.59 bits per heavy atom. The lowest BCUT2D eigenvalue weighted by Crippen LogP contribution is -2.41. The number of nitrogens with one attached hydrogen (secondary N) is 1. The summed E-state index contributed by atoms with van der Waals surface area (Å²) in [4.78, 5) is 25.5. The molecule has 1 N–H and O–H groups in total. The van der Waals surface area contributed by atoms with Crippen LogP contribution >= 0.6 is 0 Å². The summed E-state index contributed by atoms with van der Waals surface area (Å²) < 4.78 is 42.4. The molecular formula is C28H33BF2N2O4. The van der Waals surface area contributed by atoms with Gasteiger partial charge in [-0.1, -0.05) is 18.2 Å². The zero-order valence-corrected chi connectivity index (χ0v) is 21.8. The van der Waals surface area contributed by atoms with E-state index < -0.39 is 30.1 Å². The number of amides is 2. The van der Waals surface area contributed by atoms with E-state index in [0.717, 1.165) is 0 Å². The fraction of sp³-hybridized carbons (Fsp3) is 0.500. The maximum absolute atomic E-state index is 15.2. The van der Waals surface area contributed by atoms with Gasteiger partial charge in [0.2, 0.25) is 11.8 Å². The number of benzene rings is 2. The van der Waals surface area contributed by atoms with Crippen molar-refractivity contribution >= 4 is 30.1 Å². The number of carbonyl (C=O) groups excluding carboxylic acids is 2. The molecule has 3 aliphatic rings. The molecule has 3 saturated heterocycles. The zero-order valence-electron chi connectivity index (χ0n) is 21.8. The van der Waals surface area contributed by atoms with Crippen molar-refractivity contribution in [3.8, 4) is 0 Å². The first-order valence-electron chi connectivity index (χ1n) is 13.0. The minimum Gasteiger partial charge on any atom is -0.399 e. The van der Waals surface area contributed by atoms with Crippen LogP contribution in [0.25, 0.3) is 0 Å². The number of imide groups is 1. The molecule has 0 aliphatic carbocycles. The van der Waals surface area contributed by atoms with Gasteiger partial charge in [-0.15, -0.1) is 0 Å². The van der Waals surface area contributed by atoms with Crippen LogP contribution in [-0.2, 0) is 18.9 Å². The molecule has 0 aromatic heterocycles. The molecule has 3 fully saturated rings. The smallest absolute Gasteiger partial charge is 0.399 e. The molecule has 196 valence electrons. The first-order chi connectivity index (χ1) is 17.4. The second-order valence-corrected chi connectivity index (χ2v) is 11.3. The van der Waals surface area contributed by atoms with Crippen LogP contribution in [0.3, 0.4) is 0 Å². The van der Waals surface area contributed by atoms with E-state index in [1.165, 1.54) is 12.1 Å². The van der Waals surface area contributed by atoms with E-state index in [1.807, 2.05) is 44.7 Å². The number of halogens is 2. The number of hydrogen-bond donors (Lipinski definition) is 1. The van der Waals surface area contributed by atoms with E-state index in [0.29, 0.717) is 54.6 Å². The molecule has 2 aromatic carbocycles. The van der Waals surface area contributed by atoms with Crippen LogP contribution in [0.4, 0.5) is 14.5 Å². The number of hydrogen-bond acceptors (Lipinski definition) is 5. The van der Waals surface area contributed by atoms with Crippen LogP contribution in [0.15, 0.2) is 36.4 Å². The van der Waals surface area contributed by atoms with Gasteiger partial charge in [-0.2, -0.15) is 0 Å². The minimum absolute atomic E-state index is 0.0365. The number of carbonyl (C=O) groups is 2. The van der Waals surface area contributed by atoms with E-state index in [-0.39, 0.29) is 30.0 Å². The van der Waals surface area contributed by atoms with E-state index in [9.17, 15) is 9.59 Å². The summed E-state index contributed by atoms with van der Waals surface area (Å²) in [5.74, 6) is -1.82. The van der Waals surface area contributed by atoms with E-state index in [4.69, 9.17) is 9.31 Å². The molecule has 3 heterocycles. The number of anilines is 1. The van der Waals surface area contributed by atoms with Crippen LogP contribution < -0.4 is 15.7 Å². The van der Waals surface area contributed by atoms with Gasteiger partial charge in [-0.25, -0.2) is 8.78 Å². The molecule has 9 heteroatoms. The minimum atomic E-state index is -0.610. The fourth-order valence-corrected chi connectivity index (χ4v) is 5.44. The van der Waals surface area contributed by atoms with Crippen LogP contribution in [0.5, 0.6) is 0 Å². The molecule has 2 aromatic rings. The third kappa shape index (κ3) is 4.91. The van der Waals surface area contributed by atoms with E-state index >= 15 is 8.78 Å². The van der Waals surface area contributed by atoms with Crippen molar-refractivity contribution in [1.82, 2.24) is 5.32 Å². The highest BCUT2D eigenvalue weighted by molar-refractivity contribution is 6.62. The maximum atomic E-state index is 15.2. The maximum Gasteiger partial charge on any atom is 0.494 e. The molecule has 2 amide bonds. The molecule has 6 nitrogen and oxygen atoms in total. The van der Waals surface area contributed by atoms with E-state index in [2.05, 4.69) is 5.32 Å². The molecule has 1 unspecified atom stereocenters. The molecular weight excluding hydrogens is 477 g/mol. The lowest BCUT2D eigenvalue weighted by Gasteiger charge is -2.34. The van der Waals surface area contributed by atoms with Gasteiger partial charge in [0.15, 0.2) is 0 Å². The second-order valence-electron chi connectivity index (χ2n) is 11.3. The van der Waals surface area contributed by atoms with E-state index in [1.54, 1.807) is 12.1 Å². The highest BCUT2D eigenvalue weighted by Crippen LogP contribution is 2.37. The summed E-state index contributed by atoms with van der Waals surface area (Å²) in [5.41, 5.74) is 1.39. The molecule has 5 rings (SSSR count). The molecule has 0 radical (unpaired) electrons.